The van der Waals surface area contributed by atoms with Crippen LogP contribution in [0.15, 0.2) is 101 Å². The molecule has 0 spiro atoms. The number of hydrogen-bond donors (Lipinski definition) is 1. The maximum Gasteiger partial charge on any atom is 0.257 e. The van der Waals surface area contributed by atoms with Crippen molar-refractivity contribution >= 4 is 11.8 Å². The zero-order chi connectivity index (χ0) is 24.6. The molecule has 1 aromatic heterocycles. The van der Waals surface area contributed by atoms with Gasteiger partial charge in [0.15, 0.2) is 0 Å². The highest BCUT2D eigenvalue weighted by molar-refractivity contribution is 5.95. The molecule has 0 fully saturated rings. The van der Waals surface area contributed by atoms with E-state index in [1.165, 1.54) is 0 Å². The van der Waals surface area contributed by atoms with Gasteiger partial charge in [0.1, 0.15) is 11.5 Å². The molecule has 0 aliphatic heterocycles. The van der Waals surface area contributed by atoms with Crippen LogP contribution in [0, 0.1) is 13.8 Å². The van der Waals surface area contributed by atoms with Crippen molar-refractivity contribution in [3.05, 3.63) is 131 Å². The largest absolute Gasteiger partial charge is 0.466 e. The number of nitrogens with one attached hydrogen (secondary N) is 1. The van der Waals surface area contributed by atoms with Gasteiger partial charge >= 0.3 is 0 Å². The third-order valence-electron chi connectivity index (χ3n) is 5.95. The van der Waals surface area contributed by atoms with Gasteiger partial charge in [0.25, 0.3) is 5.91 Å². The van der Waals surface area contributed by atoms with Gasteiger partial charge in [0.05, 0.1) is 11.6 Å². The third-order valence-corrected chi connectivity index (χ3v) is 5.95. The Morgan fingerprint density at radius 1 is 0.829 bits per heavy atom. The minimum Gasteiger partial charge on any atom is -0.466 e. The van der Waals surface area contributed by atoms with Gasteiger partial charge in [-0.2, -0.15) is 0 Å². The van der Waals surface area contributed by atoms with Gasteiger partial charge in [0, 0.05) is 19.5 Å². The molecule has 4 rings (SSSR count). The Balaban J connectivity index is 1.50. The average Bonchev–Trinajstić information content (AvgIpc) is 3.24. The molecule has 4 aromatic rings. The Bertz CT molecular complexity index is 1210. The van der Waals surface area contributed by atoms with E-state index in [0.717, 1.165) is 16.7 Å². The summed E-state index contributed by atoms with van der Waals surface area (Å²) in [6.45, 7) is 4.32. The van der Waals surface area contributed by atoms with Gasteiger partial charge in [0.2, 0.25) is 5.91 Å². The van der Waals surface area contributed by atoms with E-state index in [-0.39, 0.29) is 24.3 Å². The van der Waals surface area contributed by atoms with E-state index in [1.807, 2.05) is 97.9 Å². The lowest BCUT2D eigenvalue weighted by atomic mass is 9.98. The Labute approximate surface area is 206 Å². The summed E-state index contributed by atoms with van der Waals surface area (Å²) in [4.78, 5) is 28.2. The molecule has 0 saturated heterocycles. The van der Waals surface area contributed by atoms with Crippen molar-refractivity contribution in [2.75, 3.05) is 6.54 Å². The molecule has 5 nitrogen and oxygen atoms in total. The summed E-state index contributed by atoms with van der Waals surface area (Å²) in [5.74, 6) is 1.02. The van der Waals surface area contributed by atoms with Gasteiger partial charge in [-0.15, -0.1) is 0 Å². The van der Waals surface area contributed by atoms with E-state index in [4.69, 9.17) is 4.42 Å². The van der Waals surface area contributed by atoms with Crippen molar-refractivity contribution in [1.82, 2.24) is 10.2 Å². The summed E-state index contributed by atoms with van der Waals surface area (Å²) in [6.07, 6.45) is 0.185. The summed E-state index contributed by atoms with van der Waals surface area (Å²) in [6, 6.07) is 31.1. The molecule has 35 heavy (non-hydrogen) atoms. The van der Waals surface area contributed by atoms with Gasteiger partial charge in [-0.25, -0.2) is 0 Å². The second kappa shape index (κ2) is 11.3. The van der Waals surface area contributed by atoms with Crippen molar-refractivity contribution < 1.29 is 14.0 Å². The molecule has 0 unspecified atom stereocenters. The van der Waals surface area contributed by atoms with Gasteiger partial charge in [-0.05, 0) is 36.6 Å². The molecule has 178 valence electrons. The van der Waals surface area contributed by atoms with Crippen LogP contribution in [0.2, 0.25) is 0 Å². The zero-order valence-corrected chi connectivity index (χ0v) is 20.1. The maximum absolute atomic E-state index is 13.4. The van der Waals surface area contributed by atoms with Crippen molar-refractivity contribution in [2.45, 2.75) is 32.9 Å². The first-order valence-corrected chi connectivity index (χ1v) is 11.8. The van der Waals surface area contributed by atoms with Gasteiger partial charge in [-0.3, -0.25) is 9.59 Å². The maximum atomic E-state index is 13.4. The number of aryl methyl sites for hydroxylation is 2. The molecule has 5 heteroatoms. The highest BCUT2D eigenvalue weighted by atomic mass is 16.3. The summed E-state index contributed by atoms with van der Waals surface area (Å²) >= 11 is 0. The quantitative estimate of drug-likeness (QED) is 0.337. The van der Waals surface area contributed by atoms with Crippen LogP contribution in [-0.4, -0.2) is 23.3 Å². The molecule has 3 aromatic carbocycles. The molecule has 1 N–H and O–H groups in total. The number of carbonyl (C=O) groups is 2. The smallest absolute Gasteiger partial charge is 0.257 e. The lowest BCUT2D eigenvalue weighted by Gasteiger charge is -2.24. The zero-order valence-electron chi connectivity index (χ0n) is 20.1. The van der Waals surface area contributed by atoms with Crippen LogP contribution in [-0.2, 0) is 11.3 Å². The summed E-state index contributed by atoms with van der Waals surface area (Å²) < 4.78 is 5.59. The number of carbonyl (C=O) groups excluding carboxylic acids is 2. The first-order valence-electron chi connectivity index (χ1n) is 11.8. The molecule has 0 saturated carbocycles. The summed E-state index contributed by atoms with van der Waals surface area (Å²) in [5, 5.41) is 3.17. The average molecular weight is 467 g/mol. The topological polar surface area (TPSA) is 62.6 Å². The molecule has 2 amide bonds. The molecule has 1 heterocycles. The van der Waals surface area contributed by atoms with Crippen LogP contribution in [0.1, 0.15) is 51.0 Å². The van der Waals surface area contributed by atoms with Crippen LogP contribution in [0.25, 0.3) is 0 Å². The molecule has 0 atom stereocenters. The number of hydrogen-bond acceptors (Lipinski definition) is 3. The van der Waals surface area contributed by atoms with Crippen LogP contribution >= 0.6 is 0 Å². The Hall–Kier alpha value is -4.12. The first kappa shape index (κ1) is 24.0. The van der Waals surface area contributed by atoms with Crippen molar-refractivity contribution in [1.29, 1.82) is 0 Å². The molecule has 0 bridgehead atoms. The number of benzene rings is 3. The fourth-order valence-electron chi connectivity index (χ4n) is 4.19. The van der Waals surface area contributed by atoms with E-state index in [2.05, 4.69) is 5.32 Å². The van der Waals surface area contributed by atoms with Gasteiger partial charge < -0.3 is 14.6 Å². The van der Waals surface area contributed by atoms with Crippen molar-refractivity contribution in [3.63, 3.8) is 0 Å². The Morgan fingerprint density at radius 2 is 1.37 bits per heavy atom. The summed E-state index contributed by atoms with van der Waals surface area (Å²) in [5.41, 5.74) is 3.55. The lowest BCUT2D eigenvalue weighted by molar-refractivity contribution is -0.121. The van der Waals surface area contributed by atoms with Crippen LogP contribution in [0.3, 0.4) is 0 Å². The highest BCUT2D eigenvalue weighted by Crippen LogP contribution is 2.22. The second-order valence-corrected chi connectivity index (χ2v) is 8.61. The normalized spacial score (nSPS) is 10.8. The second-order valence-electron chi connectivity index (χ2n) is 8.61. The third kappa shape index (κ3) is 6.27. The lowest BCUT2D eigenvalue weighted by Crippen LogP contribution is -2.36. The minimum absolute atomic E-state index is 0.117. The van der Waals surface area contributed by atoms with Crippen LogP contribution < -0.4 is 5.32 Å². The molecule has 0 aliphatic carbocycles. The molecular formula is C30H30N2O3. The Kier molecular flexibility index (Phi) is 7.78. The number of amides is 2. The standard InChI is InChI=1S/C30H30N2O3/c1-22-20-27(23(2)35-22)30(34)32(21-24-12-6-3-7-13-24)19-18-28(33)31-29(25-14-8-4-9-15-25)26-16-10-5-11-17-26/h3-17,20,29H,18-19,21H2,1-2H3,(H,31,33). The van der Waals surface area contributed by atoms with E-state index < -0.39 is 0 Å². The van der Waals surface area contributed by atoms with Gasteiger partial charge in [-0.1, -0.05) is 91.0 Å². The number of nitrogens with zero attached hydrogens (tertiary/aromatic N) is 1. The fraction of sp³-hybridized carbons (Fsp3) is 0.200. The highest BCUT2D eigenvalue weighted by Gasteiger charge is 2.23. The molecule has 0 aliphatic rings. The number of rotatable bonds is 9. The summed E-state index contributed by atoms with van der Waals surface area (Å²) in [7, 11) is 0. The fourth-order valence-corrected chi connectivity index (χ4v) is 4.19. The SMILES string of the molecule is Cc1cc(C(=O)N(CCC(=O)NC(c2ccccc2)c2ccccc2)Cc2ccccc2)c(C)o1. The Morgan fingerprint density at radius 3 is 1.89 bits per heavy atom. The van der Waals surface area contributed by atoms with Crippen LogP contribution in [0.4, 0.5) is 0 Å². The van der Waals surface area contributed by atoms with E-state index in [0.29, 0.717) is 30.2 Å². The van der Waals surface area contributed by atoms with E-state index in [9.17, 15) is 9.59 Å². The predicted octanol–water partition coefficient (Wildman–Crippen LogP) is 5.83. The van der Waals surface area contributed by atoms with Crippen molar-refractivity contribution in [2.24, 2.45) is 0 Å². The molecule has 0 radical (unpaired) electrons. The van der Waals surface area contributed by atoms with Crippen molar-refractivity contribution in [3.8, 4) is 0 Å². The minimum atomic E-state index is -0.262. The first-order chi connectivity index (χ1) is 17.0. The predicted molar refractivity (Wildman–Crippen MR) is 137 cm³/mol. The molecular weight excluding hydrogens is 436 g/mol. The van der Waals surface area contributed by atoms with E-state index >= 15 is 0 Å². The monoisotopic (exact) mass is 466 g/mol. The van der Waals surface area contributed by atoms with Crippen LogP contribution in [0.5, 0.6) is 0 Å². The van der Waals surface area contributed by atoms with E-state index in [1.54, 1.807) is 17.9 Å². The number of furan rings is 1.